The van der Waals surface area contributed by atoms with Crippen LogP contribution in [0.3, 0.4) is 0 Å². The summed E-state index contributed by atoms with van der Waals surface area (Å²) in [5.74, 6) is 0. The lowest BCUT2D eigenvalue weighted by molar-refractivity contribution is 0.306. The third-order valence-corrected chi connectivity index (χ3v) is 3.24. The van der Waals surface area contributed by atoms with Crippen molar-refractivity contribution in [3.8, 4) is 0 Å². The maximum atomic E-state index is 3.53. The molecule has 78 valence electrons. The first kappa shape index (κ1) is 11.1. The minimum atomic E-state index is 0.343. The fourth-order valence-electron chi connectivity index (χ4n) is 1.29. The highest BCUT2D eigenvalue weighted by atomic mass is 14.9. The fraction of sp³-hybridized carbons (Fsp3) is 0.538. The van der Waals surface area contributed by atoms with Crippen LogP contribution in [0.25, 0.3) is 0 Å². The van der Waals surface area contributed by atoms with E-state index in [1.54, 1.807) is 0 Å². The predicted molar refractivity (Wildman–Crippen MR) is 63.6 cm³/mol. The molecule has 1 nitrogen and oxygen atoms in total. The number of hydrogen-bond acceptors (Lipinski definition) is 1. The van der Waals surface area contributed by atoms with Gasteiger partial charge in [0.2, 0.25) is 0 Å². The summed E-state index contributed by atoms with van der Waals surface area (Å²) in [7, 11) is 0. The number of anilines is 1. The number of para-hydroxylation sites is 1. The van der Waals surface area contributed by atoms with E-state index >= 15 is 0 Å². The summed E-state index contributed by atoms with van der Waals surface area (Å²) in [6.07, 6.45) is 1.19. The zero-order valence-electron chi connectivity index (χ0n) is 9.67. The van der Waals surface area contributed by atoms with Gasteiger partial charge in [-0.05, 0) is 30.9 Å². The molecule has 0 fully saturated rings. The highest BCUT2D eigenvalue weighted by Gasteiger charge is 2.23. The van der Waals surface area contributed by atoms with Crippen molar-refractivity contribution in [1.29, 1.82) is 0 Å². The first-order valence-electron chi connectivity index (χ1n) is 5.38. The zero-order valence-corrected chi connectivity index (χ0v) is 9.67. The van der Waals surface area contributed by atoms with Gasteiger partial charge in [-0.15, -0.1) is 0 Å². The average Bonchev–Trinajstić information content (AvgIpc) is 2.19. The second-order valence-electron chi connectivity index (χ2n) is 4.57. The molecule has 0 aliphatic rings. The number of benzene rings is 1. The average molecular weight is 191 g/mol. The molecule has 0 aliphatic carbocycles. The Bertz CT molecular complexity index is 264. The highest BCUT2D eigenvalue weighted by molar-refractivity contribution is 5.43. The molecule has 0 aliphatic heterocycles. The van der Waals surface area contributed by atoms with Gasteiger partial charge >= 0.3 is 0 Å². The molecule has 0 saturated carbocycles. The van der Waals surface area contributed by atoms with Crippen molar-refractivity contribution in [3.63, 3.8) is 0 Å². The summed E-state index contributed by atoms with van der Waals surface area (Å²) >= 11 is 0. The van der Waals surface area contributed by atoms with Crippen LogP contribution >= 0.6 is 0 Å². The molecule has 0 heterocycles. The number of nitrogens with one attached hydrogen (secondary N) is 1. The third kappa shape index (κ3) is 2.76. The van der Waals surface area contributed by atoms with Crippen LogP contribution < -0.4 is 5.32 Å². The van der Waals surface area contributed by atoms with Crippen LogP contribution in [0.15, 0.2) is 30.3 Å². The first-order valence-corrected chi connectivity index (χ1v) is 5.38. The smallest absolute Gasteiger partial charge is 0.0342 e. The molecule has 1 atom stereocenters. The number of rotatable bonds is 4. The van der Waals surface area contributed by atoms with E-state index in [2.05, 4.69) is 57.3 Å². The van der Waals surface area contributed by atoms with E-state index in [9.17, 15) is 0 Å². The monoisotopic (exact) mass is 191 g/mol. The van der Waals surface area contributed by atoms with Crippen molar-refractivity contribution in [2.45, 2.75) is 40.2 Å². The Balaban J connectivity index is 2.62. The topological polar surface area (TPSA) is 12.0 Å². The predicted octanol–water partition coefficient (Wildman–Crippen LogP) is 3.92. The van der Waals surface area contributed by atoms with Gasteiger partial charge in [0, 0.05) is 11.7 Å². The largest absolute Gasteiger partial charge is 0.382 e. The normalized spacial score (nSPS) is 13.7. The Morgan fingerprint density at radius 3 is 2.29 bits per heavy atom. The molecule has 1 heteroatoms. The molecule has 0 aromatic heterocycles. The Morgan fingerprint density at radius 2 is 1.79 bits per heavy atom. The zero-order chi connectivity index (χ0) is 10.6. The van der Waals surface area contributed by atoms with Crippen LogP contribution in [-0.4, -0.2) is 6.04 Å². The lowest BCUT2D eigenvalue weighted by Crippen LogP contribution is -2.32. The quantitative estimate of drug-likeness (QED) is 0.760. The van der Waals surface area contributed by atoms with Crippen molar-refractivity contribution >= 4 is 5.69 Å². The summed E-state index contributed by atoms with van der Waals surface area (Å²) < 4.78 is 0. The Kier molecular flexibility index (Phi) is 3.56. The Morgan fingerprint density at radius 1 is 1.21 bits per heavy atom. The third-order valence-electron chi connectivity index (χ3n) is 3.24. The van der Waals surface area contributed by atoms with Crippen LogP contribution in [0.1, 0.15) is 34.1 Å². The minimum absolute atomic E-state index is 0.343. The maximum absolute atomic E-state index is 3.53. The van der Waals surface area contributed by atoms with Crippen molar-refractivity contribution < 1.29 is 0 Å². The number of hydrogen-bond donors (Lipinski definition) is 1. The molecule has 1 aromatic carbocycles. The Labute approximate surface area is 87.5 Å². The van der Waals surface area contributed by atoms with E-state index in [1.165, 1.54) is 12.1 Å². The molecular weight excluding hydrogens is 170 g/mol. The van der Waals surface area contributed by atoms with Gasteiger partial charge in [0.1, 0.15) is 0 Å². The molecule has 1 aromatic rings. The summed E-state index contributed by atoms with van der Waals surface area (Å²) in [5.41, 5.74) is 1.55. The molecule has 1 N–H and O–H groups in total. The van der Waals surface area contributed by atoms with E-state index in [0.717, 1.165) is 0 Å². The standard InChI is InChI=1S/C13H21N/c1-5-13(3,4)11(2)14-12-9-7-6-8-10-12/h6-11,14H,5H2,1-4H3. The molecule has 0 radical (unpaired) electrons. The molecule has 0 amide bonds. The van der Waals surface area contributed by atoms with Crippen LogP contribution in [0.4, 0.5) is 5.69 Å². The molecule has 0 saturated heterocycles. The summed E-state index contributed by atoms with van der Waals surface area (Å²) in [6, 6.07) is 10.9. The van der Waals surface area contributed by atoms with Crippen LogP contribution in [0, 0.1) is 5.41 Å². The second kappa shape index (κ2) is 4.50. The molecular formula is C13H21N. The first-order chi connectivity index (χ1) is 6.56. The lowest BCUT2D eigenvalue weighted by Gasteiger charge is -2.32. The van der Waals surface area contributed by atoms with E-state index in [1.807, 2.05) is 6.07 Å². The van der Waals surface area contributed by atoms with Gasteiger partial charge in [0.15, 0.2) is 0 Å². The van der Waals surface area contributed by atoms with E-state index < -0.39 is 0 Å². The van der Waals surface area contributed by atoms with E-state index in [4.69, 9.17) is 0 Å². The fourth-order valence-corrected chi connectivity index (χ4v) is 1.29. The minimum Gasteiger partial charge on any atom is -0.382 e. The van der Waals surface area contributed by atoms with Gasteiger partial charge in [0.05, 0.1) is 0 Å². The molecule has 14 heavy (non-hydrogen) atoms. The van der Waals surface area contributed by atoms with Gasteiger partial charge in [-0.1, -0.05) is 39.0 Å². The van der Waals surface area contributed by atoms with Gasteiger partial charge in [-0.2, -0.15) is 0 Å². The summed E-state index contributed by atoms with van der Waals surface area (Å²) in [4.78, 5) is 0. The van der Waals surface area contributed by atoms with E-state index in [-0.39, 0.29) is 0 Å². The van der Waals surface area contributed by atoms with Gasteiger partial charge < -0.3 is 5.32 Å². The summed E-state index contributed by atoms with van der Waals surface area (Å²) in [6.45, 7) is 9.08. The second-order valence-corrected chi connectivity index (χ2v) is 4.57. The van der Waals surface area contributed by atoms with E-state index in [0.29, 0.717) is 11.5 Å². The van der Waals surface area contributed by atoms with Gasteiger partial charge in [0.25, 0.3) is 0 Å². The summed E-state index contributed by atoms with van der Waals surface area (Å²) in [5, 5.41) is 3.53. The molecule has 0 spiro atoms. The van der Waals surface area contributed by atoms with Crippen molar-refractivity contribution in [1.82, 2.24) is 0 Å². The van der Waals surface area contributed by atoms with Crippen molar-refractivity contribution in [2.75, 3.05) is 5.32 Å². The lowest BCUT2D eigenvalue weighted by atomic mass is 9.83. The van der Waals surface area contributed by atoms with Crippen LogP contribution in [0.2, 0.25) is 0 Å². The Hall–Kier alpha value is -0.980. The molecule has 1 rings (SSSR count). The molecule has 1 unspecified atom stereocenters. The van der Waals surface area contributed by atoms with Gasteiger partial charge in [-0.3, -0.25) is 0 Å². The van der Waals surface area contributed by atoms with Crippen molar-refractivity contribution in [3.05, 3.63) is 30.3 Å². The highest BCUT2D eigenvalue weighted by Crippen LogP contribution is 2.26. The molecule has 0 bridgehead atoms. The van der Waals surface area contributed by atoms with Crippen LogP contribution in [-0.2, 0) is 0 Å². The maximum Gasteiger partial charge on any atom is 0.0342 e. The van der Waals surface area contributed by atoms with Gasteiger partial charge in [-0.25, -0.2) is 0 Å². The SMILES string of the molecule is CCC(C)(C)C(C)Nc1ccccc1. The van der Waals surface area contributed by atoms with Crippen LogP contribution in [0.5, 0.6) is 0 Å². The van der Waals surface area contributed by atoms with Crippen molar-refractivity contribution in [2.24, 2.45) is 5.41 Å².